The van der Waals surface area contributed by atoms with Gasteiger partial charge in [0.05, 0.1) is 12.8 Å². The van der Waals surface area contributed by atoms with E-state index < -0.39 is 12.0 Å². The summed E-state index contributed by atoms with van der Waals surface area (Å²) in [6, 6.07) is 4.57. The number of carbonyl (C=O) groups is 1. The Morgan fingerprint density at radius 3 is 2.03 bits per heavy atom. The van der Waals surface area contributed by atoms with Crippen LogP contribution in [0.2, 0.25) is 0 Å². The maximum absolute atomic E-state index is 11.6. The molecule has 0 amide bonds. The summed E-state index contributed by atoms with van der Waals surface area (Å²) in [6.45, 7) is 2.39. The minimum Gasteiger partial charge on any atom is -0.474 e. The van der Waals surface area contributed by atoms with Crippen LogP contribution in [0.5, 0.6) is 0 Å². The summed E-state index contributed by atoms with van der Waals surface area (Å²) < 4.78 is 26.8. The lowest BCUT2D eigenvalue weighted by molar-refractivity contribution is -0.191. The summed E-state index contributed by atoms with van der Waals surface area (Å²) in [5.41, 5.74) is 1.92. The van der Waals surface area contributed by atoms with Crippen LogP contribution in [0.1, 0.15) is 51.4 Å². The number of ether oxygens (including phenoxy) is 3. The molecule has 5 heterocycles. The molecule has 3 aromatic heterocycles. The number of methoxy groups -OCH3 is 1. The third kappa shape index (κ3) is 4.74. The Morgan fingerprint density at radius 1 is 0.941 bits per heavy atom. The molecule has 2 atom stereocenters. The van der Waals surface area contributed by atoms with Crippen molar-refractivity contribution in [3.05, 3.63) is 65.3 Å². The molecular formula is C21H17N5O8. The third-order valence-electron chi connectivity index (χ3n) is 4.61. The highest BCUT2D eigenvalue weighted by atomic mass is 16.5. The molecule has 13 heteroatoms. The van der Waals surface area contributed by atoms with Gasteiger partial charge in [-0.05, 0) is 19.1 Å². The van der Waals surface area contributed by atoms with Gasteiger partial charge in [-0.25, -0.2) is 29.7 Å². The molecule has 5 rings (SSSR count). The average Bonchev–Trinajstić information content (AvgIpc) is 3.65. The molecule has 2 aliphatic heterocycles. The Labute approximate surface area is 191 Å². The first kappa shape index (κ1) is 22.6. The molecule has 0 bridgehead atoms. The Hall–Kier alpha value is -4.64. The second-order valence-electron chi connectivity index (χ2n) is 6.90. The van der Waals surface area contributed by atoms with Crippen LogP contribution in [0.25, 0.3) is 0 Å². The van der Waals surface area contributed by atoms with Crippen molar-refractivity contribution in [2.24, 2.45) is 9.98 Å². The van der Waals surface area contributed by atoms with E-state index in [-0.39, 0.29) is 30.4 Å². The van der Waals surface area contributed by atoms with Gasteiger partial charge in [-0.15, -0.1) is 0 Å². The lowest BCUT2D eigenvalue weighted by Crippen LogP contribution is -2.10. The van der Waals surface area contributed by atoms with Gasteiger partial charge in [0.1, 0.15) is 37.1 Å². The number of hydrogen-bond donors (Lipinski definition) is 0. The number of hydrogen-bond acceptors (Lipinski definition) is 13. The van der Waals surface area contributed by atoms with Crippen LogP contribution in [0, 0.1) is 6.92 Å². The van der Waals surface area contributed by atoms with Crippen molar-refractivity contribution >= 4 is 23.9 Å². The number of aromatic nitrogens is 3. The molecular weight excluding hydrogens is 450 g/mol. The predicted octanol–water partition coefficient (Wildman–Crippen LogP) is 1.61. The molecule has 174 valence electrons. The number of esters is 1. The Morgan fingerprint density at radius 2 is 1.50 bits per heavy atom. The van der Waals surface area contributed by atoms with Crippen LogP contribution in [0.3, 0.4) is 0 Å². The fourth-order valence-corrected chi connectivity index (χ4v) is 3.12. The molecule has 0 fully saturated rings. The van der Waals surface area contributed by atoms with Crippen molar-refractivity contribution in [1.29, 1.82) is 0 Å². The lowest BCUT2D eigenvalue weighted by Gasteiger charge is -2.04. The summed E-state index contributed by atoms with van der Waals surface area (Å²) in [7, 11) is 1.27. The van der Waals surface area contributed by atoms with Crippen LogP contribution in [-0.4, -0.2) is 59.2 Å². The molecule has 0 aliphatic carbocycles. The number of aliphatic imine (C=N–C) groups is 2. The lowest BCUT2D eigenvalue weighted by atomic mass is 10.3. The summed E-state index contributed by atoms with van der Waals surface area (Å²) in [5, 5.41) is 0. The zero-order chi connectivity index (χ0) is 24.1. The van der Waals surface area contributed by atoms with Crippen molar-refractivity contribution in [2.45, 2.75) is 19.0 Å². The second kappa shape index (κ2) is 9.88. The van der Waals surface area contributed by atoms with Crippen LogP contribution in [0.4, 0.5) is 0 Å². The molecule has 0 spiro atoms. The molecule has 0 saturated heterocycles. The molecule has 0 aromatic carbocycles. The first-order chi connectivity index (χ1) is 16.5. The fourth-order valence-electron chi connectivity index (χ4n) is 3.12. The van der Waals surface area contributed by atoms with Gasteiger partial charge in [0.15, 0.2) is 17.8 Å². The van der Waals surface area contributed by atoms with Gasteiger partial charge in [-0.2, -0.15) is 9.59 Å². The van der Waals surface area contributed by atoms with Gasteiger partial charge in [0, 0.05) is 0 Å². The number of oxazole rings is 2. The molecule has 34 heavy (non-hydrogen) atoms. The minimum absolute atomic E-state index is 0.0773. The Balaban J connectivity index is 0.000000868. The van der Waals surface area contributed by atoms with E-state index in [9.17, 15) is 4.79 Å². The number of pyridine rings is 1. The van der Waals surface area contributed by atoms with Gasteiger partial charge in [0.25, 0.3) is 0 Å². The monoisotopic (exact) mass is 467 g/mol. The van der Waals surface area contributed by atoms with Crippen LogP contribution in [0.15, 0.2) is 49.5 Å². The van der Waals surface area contributed by atoms with Crippen molar-refractivity contribution < 1.29 is 37.4 Å². The van der Waals surface area contributed by atoms with Gasteiger partial charge in [0.2, 0.25) is 23.6 Å². The Kier molecular flexibility index (Phi) is 6.55. The van der Waals surface area contributed by atoms with Crippen LogP contribution in [-0.2, 0) is 23.8 Å². The zero-order valence-corrected chi connectivity index (χ0v) is 18.0. The van der Waals surface area contributed by atoms with E-state index in [2.05, 4.69) is 29.7 Å². The number of nitrogens with zero attached hydrogens (tertiary/aromatic N) is 5. The van der Waals surface area contributed by atoms with Crippen molar-refractivity contribution in [3.63, 3.8) is 0 Å². The smallest absolute Gasteiger partial charge is 0.373 e. The van der Waals surface area contributed by atoms with E-state index in [1.807, 2.05) is 13.0 Å². The van der Waals surface area contributed by atoms with E-state index in [4.69, 9.17) is 27.9 Å². The van der Waals surface area contributed by atoms with Crippen LogP contribution >= 0.6 is 0 Å². The van der Waals surface area contributed by atoms with Crippen molar-refractivity contribution in [1.82, 2.24) is 15.0 Å². The highest BCUT2D eigenvalue weighted by Gasteiger charge is 2.29. The highest BCUT2D eigenvalue weighted by molar-refractivity contribution is 5.97. The van der Waals surface area contributed by atoms with Crippen LogP contribution < -0.4 is 0 Å². The topological polar surface area (TPSA) is 169 Å². The summed E-state index contributed by atoms with van der Waals surface area (Å²) in [5.74, 6) is 0.922. The number of rotatable bonds is 5. The second-order valence-corrected chi connectivity index (χ2v) is 6.90. The normalized spacial score (nSPS) is 18.5. The molecule has 3 aromatic rings. The minimum atomic E-state index is -0.581. The van der Waals surface area contributed by atoms with E-state index in [0.717, 1.165) is 5.69 Å². The summed E-state index contributed by atoms with van der Waals surface area (Å²) >= 11 is 0. The zero-order valence-electron chi connectivity index (χ0n) is 18.0. The molecule has 0 N–H and O–H groups in total. The van der Waals surface area contributed by atoms with Gasteiger partial charge >= 0.3 is 12.1 Å². The van der Waals surface area contributed by atoms with Gasteiger partial charge in [-0.3, -0.25) is 0 Å². The molecule has 0 radical (unpaired) electrons. The molecule has 2 aliphatic rings. The third-order valence-corrected chi connectivity index (χ3v) is 4.61. The largest absolute Gasteiger partial charge is 0.474 e. The highest BCUT2D eigenvalue weighted by Crippen LogP contribution is 2.26. The first-order valence-corrected chi connectivity index (χ1v) is 9.86. The average molecular weight is 467 g/mol. The molecule has 13 nitrogen and oxygen atoms in total. The maximum Gasteiger partial charge on any atom is 0.373 e. The summed E-state index contributed by atoms with van der Waals surface area (Å²) in [4.78, 5) is 49.8. The number of carbonyl (C=O) groups excluding carboxylic acids is 3. The molecule has 2 unspecified atom stereocenters. The van der Waals surface area contributed by atoms with E-state index >= 15 is 0 Å². The van der Waals surface area contributed by atoms with E-state index in [0.29, 0.717) is 35.7 Å². The van der Waals surface area contributed by atoms with Gasteiger partial charge in [-0.1, -0.05) is 6.07 Å². The quantitative estimate of drug-likeness (QED) is 0.500. The van der Waals surface area contributed by atoms with E-state index in [1.54, 1.807) is 18.4 Å². The van der Waals surface area contributed by atoms with Crippen molar-refractivity contribution in [3.8, 4) is 0 Å². The Bertz CT molecular complexity index is 1290. The summed E-state index contributed by atoms with van der Waals surface area (Å²) in [6.07, 6.45) is 3.06. The number of aryl methyl sites for hydroxylation is 1. The molecule has 0 saturated carbocycles. The fraction of sp³-hybridized carbons (Fsp3) is 0.286. The van der Waals surface area contributed by atoms with E-state index in [1.165, 1.54) is 13.4 Å². The standard InChI is InChI=1S/C20H17N5O6.CO2/c1-10-6-28-18(21-10)13-7-29-16(23-13)11-4-3-5-12(22-11)17-24-14(8-30-17)19-25-15(9-31-19)20(26)27-2;2-1-3/h3-6,9,13-14H,7-8H2,1-2H3;. The van der Waals surface area contributed by atoms with Gasteiger partial charge < -0.3 is 23.0 Å². The predicted molar refractivity (Wildman–Crippen MR) is 109 cm³/mol. The first-order valence-electron chi connectivity index (χ1n) is 9.86. The van der Waals surface area contributed by atoms with Crippen molar-refractivity contribution in [2.75, 3.05) is 20.3 Å². The maximum atomic E-state index is 11.6. The SMILES string of the molecule is COC(=O)c1coc(C2COC(c3cccc(C4=NC(c5nc(C)co5)CO4)n3)=N2)n1.O=C=O.